The van der Waals surface area contributed by atoms with E-state index in [0.717, 1.165) is 18.4 Å². The molecule has 3 aromatic rings. The van der Waals surface area contributed by atoms with Gasteiger partial charge in [-0.2, -0.15) is 5.26 Å². The zero-order chi connectivity index (χ0) is 24.6. The van der Waals surface area contributed by atoms with Crippen molar-refractivity contribution in [3.63, 3.8) is 0 Å². The van der Waals surface area contributed by atoms with Gasteiger partial charge in [0, 0.05) is 18.2 Å². The number of aromatic nitrogens is 2. The second-order valence-electron chi connectivity index (χ2n) is 8.56. The number of hydrogen-bond acceptors (Lipinski definition) is 6. The van der Waals surface area contributed by atoms with Crippen LogP contribution in [0.2, 0.25) is 0 Å². The average Bonchev–Trinajstić information content (AvgIpc) is 3.17. The summed E-state index contributed by atoms with van der Waals surface area (Å²) in [5, 5.41) is 26.5. The molecule has 1 aliphatic heterocycles. The molecule has 4 rings (SSSR count). The molecule has 0 spiro atoms. The minimum atomic E-state index is -0.974. The van der Waals surface area contributed by atoms with Crippen molar-refractivity contribution in [1.29, 1.82) is 5.26 Å². The summed E-state index contributed by atoms with van der Waals surface area (Å²) in [4.78, 5) is 25.9. The van der Waals surface area contributed by atoms with Crippen LogP contribution in [0.1, 0.15) is 30.4 Å². The van der Waals surface area contributed by atoms with Crippen LogP contribution < -0.4 is 4.74 Å². The molecular formula is C27H26N4O4. The molecule has 35 heavy (non-hydrogen) atoms. The molecule has 1 aromatic heterocycles. The third-order valence-electron chi connectivity index (χ3n) is 6.13. The van der Waals surface area contributed by atoms with Crippen LogP contribution >= 0.6 is 0 Å². The zero-order valence-corrected chi connectivity index (χ0v) is 19.2. The average molecular weight is 471 g/mol. The third-order valence-corrected chi connectivity index (χ3v) is 6.13. The quantitative estimate of drug-likeness (QED) is 0.480. The Bertz CT molecular complexity index is 1190. The van der Waals surface area contributed by atoms with E-state index in [0.29, 0.717) is 30.1 Å². The summed E-state index contributed by atoms with van der Waals surface area (Å²) in [5.41, 5.74) is 3.27. The SMILES string of the molecule is N#Cc1ccc(-c2ccc(OC[C@@H]3C[C@@H](CC(=O)O)C(=O)N3CCCc3ccccc3)nn2)cc1. The van der Waals surface area contributed by atoms with Gasteiger partial charge in [0.1, 0.15) is 6.61 Å². The molecule has 1 fully saturated rings. The van der Waals surface area contributed by atoms with Crippen molar-refractivity contribution < 1.29 is 19.4 Å². The van der Waals surface area contributed by atoms with Gasteiger partial charge >= 0.3 is 5.97 Å². The molecule has 1 N–H and O–H groups in total. The van der Waals surface area contributed by atoms with Gasteiger partial charge in [0.2, 0.25) is 11.8 Å². The number of ether oxygens (including phenoxy) is 1. The molecule has 0 unspecified atom stereocenters. The van der Waals surface area contributed by atoms with Crippen LogP contribution in [0.3, 0.4) is 0 Å². The molecular weight excluding hydrogens is 444 g/mol. The van der Waals surface area contributed by atoms with Crippen LogP contribution in [0.25, 0.3) is 11.3 Å². The molecule has 1 amide bonds. The van der Waals surface area contributed by atoms with E-state index >= 15 is 0 Å². The molecule has 2 atom stereocenters. The molecule has 8 heteroatoms. The minimum Gasteiger partial charge on any atom is -0.481 e. The van der Waals surface area contributed by atoms with E-state index < -0.39 is 11.9 Å². The van der Waals surface area contributed by atoms with E-state index in [1.165, 1.54) is 5.56 Å². The molecule has 0 aliphatic carbocycles. The van der Waals surface area contributed by atoms with Crippen LogP contribution in [0.15, 0.2) is 66.7 Å². The van der Waals surface area contributed by atoms with Crippen molar-refractivity contribution in [2.75, 3.05) is 13.2 Å². The number of rotatable bonds is 10. The Morgan fingerprint density at radius 1 is 1.09 bits per heavy atom. The number of hydrogen-bond donors (Lipinski definition) is 1. The first-order valence-corrected chi connectivity index (χ1v) is 11.6. The molecule has 2 aromatic carbocycles. The maximum Gasteiger partial charge on any atom is 0.304 e. The first-order valence-electron chi connectivity index (χ1n) is 11.6. The first-order chi connectivity index (χ1) is 17.0. The van der Waals surface area contributed by atoms with Crippen molar-refractivity contribution in [2.24, 2.45) is 5.92 Å². The highest BCUT2D eigenvalue weighted by Gasteiger charge is 2.40. The van der Waals surface area contributed by atoms with Gasteiger partial charge in [0.15, 0.2) is 0 Å². The maximum atomic E-state index is 12.9. The second kappa shape index (κ2) is 11.3. The Kier molecular flexibility index (Phi) is 7.68. The van der Waals surface area contributed by atoms with E-state index in [4.69, 9.17) is 10.00 Å². The number of aliphatic carboxylic acids is 1. The predicted molar refractivity (Wildman–Crippen MR) is 128 cm³/mol. The number of carboxylic acids is 1. The number of carboxylic acid groups (broad SMARTS) is 1. The van der Waals surface area contributed by atoms with Crippen LogP contribution in [0.5, 0.6) is 5.88 Å². The number of amides is 1. The largest absolute Gasteiger partial charge is 0.481 e. The zero-order valence-electron chi connectivity index (χ0n) is 19.2. The van der Waals surface area contributed by atoms with Gasteiger partial charge in [0.25, 0.3) is 0 Å². The number of nitrogens with zero attached hydrogens (tertiary/aromatic N) is 4. The lowest BCUT2D eigenvalue weighted by atomic mass is 10.0. The summed E-state index contributed by atoms with van der Waals surface area (Å²) >= 11 is 0. The van der Waals surface area contributed by atoms with E-state index in [1.54, 1.807) is 29.2 Å². The number of likely N-dealkylation sites (tertiary alicyclic amines) is 1. The molecule has 178 valence electrons. The smallest absolute Gasteiger partial charge is 0.304 e. The topological polar surface area (TPSA) is 116 Å². The van der Waals surface area contributed by atoms with Gasteiger partial charge in [-0.3, -0.25) is 9.59 Å². The Hall–Kier alpha value is -4.25. The second-order valence-corrected chi connectivity index (χ2v) is 8.56. The summed E-state index contributed by atoms with van der Waals surface area (Å²) < 4.78 is 5.86. The lowest BCUT2D eigenvalue weighted by Crippen LogP contribution is -2.38. The molecule has 1 aliphatic rings. The van der Waals surface area contributed by atoms with Gasteiger partial charge in [-0.1, -0.05) is 42.5 Å². The van der Waals surface area contributed by atoms with Crippen LogP contribution in [-0.2, 0) is 16.0 Å². The predicted octanol–water partition coefficient (Wildman–Crippen LogP) is 3.72. The van der Waals surface area contributed by atoms with Gasteiger partial charge in [-0.15, -0.1) is 10.2 Å². The normalized spacial score (nSPS) is 17.2. The monoisotopic (exact) mass is 470 g/mol. The highest BCUT2D eigenvalue weighted by atomic mass is 16.5. The van der Waals surface area contributed by atoms with Crippen molar-refractivity contribution in [3.8, 4) is 23.2 Å². The summed E-state index contributed by atoms with van der Waals surface area (Å²) in [6.07, 6.45) is 1.88. The Morgan fingerprint density at radius 2 is 1.86 bits per heavy atom. The number of nitriles is 1. The lowest BCUT2D eigenvalue weighted by Gasteiger charge is -2.24. The van der Waals surface area contributed by atoms with Crippen molar-refractivity contribution in [3.05, 3.63) is 77.9 Å². The van der Waals surface area contributed by atoms with Crippen LogP contribution in [0.4, 0.5) is 0 Å². The molecule has 8 nitrogen and oxygen atoms in total. The van der Waals surface area contributed by atoms with Gasteiger partial charge in [0.05, 0.1) is 35.7 Å². The standard InChI is InChI=1S/C27H26N4O4/c28-17-20-8-10-21(11-9-20)24-12-13-25(30-29-24)35-18-23-15-22(16-26(32)33)27(34)31(23)14-4-7-19-5-2-1-3-6-19/h1-3,5-6,8-13,22-23H,4,7,14-16,18H2,(H,32,33)/t22-,23-/m0/s1. The number of benzene rings is 2. The van der Waals surface area contributed by atoms with E-state index in [9.17, 15) is 14.7 Å². The van der Waals surface area contributed by atoms with Crippen LogP contribution in [0, 0.1) is 17.2 Å². The molecule has 0 radical (unpaired) electrons. The van der Waals surface area contributed by atoms with E-state index in [-0.39, 0.29) is 25.0 Å². The highest BCUT2D eigenvalue weighted by molar-refractivity contribution is 5.85. The Morgan fingerprint density at radius 3 is 2.51 bits per heavy atom. The van der Waals surface area contributed by atoms with E-state index in [1.807, 2.05) is 30.3 Å². The summed E-state index contributed by atoms with van der Waals surface area (Å²) in [6, 6.07) is 22.5. The fourth-order valence-corrected chi connectivity index (χ4v) is 4.35. The van der Waals surface area contributed by atoms with Crippen molar-refractivity contribution in [1.82, 2.24) is 15.1 Å². The highest BCUT2D eigenvalue weighted by Crippen LogP contribution is 2.28. The lowest BCUT2D eigenvalue weighted by molar-refractivity contribution is -0.142. The molecule has 0 bridgehead atoms. The Balaban J connectivity index is 1.37. The van der Waals surface area contributed by atoms with Crippen LogP contribution in [-0.4, -0.2) is 51.3 Å². The molecule has 2 heterocycles. The fourth-order valence-electron chi connectivity index (χ4n) is 4.35. The summed E-state index contributed by atoms with van der Waals surface area (Å²) in [7, 11) is 0. The number of carbonyl (C=O) groups excluding carboxylic acids is 1. The molecule has 1 saturated heterocycles. The van der Waals surface area contributed by atoms with Gasteiger partial charge < -0.3 is 14.7 Å². The number of aryl methyl sites for hydroxylation is 1. The summed E-state index contributed by atoms with van der Waals surface area (Å²) in [6.45, 7) is 0.763. The van der Waals surface area contributed by atoms with Gasteiger partial charge in [-0.05, 0) is 43.0 Å². The van der Waals surface area contributed by atoms with Crippen molar-refractivity contribution in [2.45, 2.75) is 31.7 Å². The summed E-state index contributed by atoms with van der Waals surface area (Å²) in [5.74, 6) is -1.31. The third kappa shape index (κ3) is 6.21. The van der Waals surface area contributed by atoms with Gasteiger partial charge in [-0.25, -0.2) is 0 Å². The maximum absolute atomic E-state index is 12.9. The first kappa shape index (κ1) is 23.9. The number of carbonyl (C=O) groups is 2. The fraction of sp³-hybridized carbons (Fsp3) is 0.296. The minimum absolute atomic E-state index is 0.128. The molecule has 0 saturated carbocycles. The van der Waals surface area contributed by atoms with E-state index in [2.05, 4.69) is 28.4 Å². The van der Waals surface area contributed by atoms with Crippen molar-refractivity contribution >= 4 is 11.9 Å². The Labute approximate surface area is 203 Å².